The molecule has 1 aromatic rings. The average Bonchev–Trinajstić information content (AvgIpc) is 2.27. The molecule has 2 rings (SSSR count). The summed E-state index contributed by atoms with van der Waals surface area (Å²) in [4.78, 5) is 13.9. The van der Waals surface area contributed by atoms with Crippen molar-refractivity contribution >= 4 is 11.6 Å². The van der Waals surface area contributed by atoms with Crippen molar-refractivity contribution in [1.29, 1.82) is 0 Å². The standard InChI is InChI=1S/C13H18N2O2/c1-15(10-4-2-5-11(16)8-10)12(17)13(9-14)6-3-7-13/h2,4-5,8,16H,3,6-7,9,14H2,1H3. The minimum Gasteiger partial charge on any atom is -0.508 e. The molecule has 0 aromatic heterocycles. The van der Waals surface area contributed by atoms with E-state index in [1.165, 1.54) is 0 Å². The van der Waals surface area contributed by atoms with Gasteiger partial charge in [-0.15, -0.1) is 0 Å². The van der Waals surface area contributed by atoms with E-state index < -0.39 is 0 Å². The lowest BCUT2D eigenvalue weighted by Crippen LogP contribution is -2.51. The number of phenolic OH excluding ortho intramolecular Hbond substituents is 1. The minimum atomic E-state index is -0.375. The van der Waals surface area contributed by atoms with Crippen molar-refractivity contribution in [2.45, 2.75) is 19.3 Å². The molecule has 92 valence electrons. The van der Waals surface area contributed by atoms with E-state index in [4.69, 9.17) is 5.73 Å². The number of carbonyl (C=O) groups is 1. The van der Waals surface area contributed by atoms with Crippen LogP contribution in [0.5, 0.6) is 5.75 Å². The minimum absolute atomic E-state index is 0.0526. The van der Waals surface area contributed by atoms with Crippen LogP contribution in [0.15, 0.2) is 24.3 Å². The van der Waals surface area contributed by atoms with Gasteiger partial charge in [-0.1, -0.05) is 12.5 Å². The van der Waals surface area contributed by atoms with Crippen LogP contribution in [0.25, 0.3) is 0 Å². The topological polar surface area (TPSA) is 66.6 Å². The number of amides is 1. The third kappa shape index (κ3) is 2.00. The van der Waals surface area contributed by atoms with Gasteiger partial charge in [-0.2, -0.15) is 0 Å². The first kappa shape index (κ1) is 11.9. The molecule has 0 radical (unpaired) electrons. The fraction of sp³-hybridized carbons (Fsp3) is 0.462. The SMILES string of the molecule is CN(C(=O)C1(CN)CCC1)c1cccc(O)c1. The maximum atomic E-state index is 12.4. The van der Waals surface area contributed by atoms with Gasteiger partial charge >= 0.3 is 0 Å². The first-order chi connectivity index (χ1) is 8.09. The molecule has 4 nitrogen and oxygen atoms in total. The normalized spacial score (nSPS) is 17.3. The van der Waals surface area contributed by atoms with Crippen LogP contribution in [0.1, 0.15) is 19.3 Å². The van der Waals surface area contributed by atoms with Crippen LogP contribution >= 0.6 is 0 Å². The van der Waals surface area contributed by atoms with E-state index in [1.54, 1.807) is 36.2 Å². The number of hydrogen-bond acceptors (Lipinski definition) is 3. The number of nitrogens with zero attached hydrogens (tertiary/aromatic N) is 1. The Labute approximate surface area is 101 Å². The highest BCUT2D eigenvalue weighted by atomic mass is 16.3. The summed E-state index contributed by atoms with van der Waals surface area (Å²) in [6, 6.07) is 6.70. The summed E-state index contributed by atoms with van der Waals surface area (Å²) in [7, 11) is 1.73. The second-order valence-electron chi connectivity index (χ2n) is 4.72. The lowest BCUT2D eigenvalue weighted by atomic mass is 9.68. The van der Waals surface area contributed by atoms with Crippen molar-refractivity contribution in [3.63, 3.8) is 0 Å². The van der Waals surface area contributed by atoms with Gasteiger partial charge in [-0.25, -0.2) is 0 Å². The second kappa shape index (κ2) is 4.37. The number of aromatic hydroxyl groups is 1. The molecule has 17 heavy (non-hydrogen) atoms. The van der Waals surface area contributed by atoms with Crippen LogP contribution in [0.2, 0.25) is 0 Å². The molecule has 0 spiro atoms. The molecule has 0 bridgehead atoms. The van der Waals surface area contributed by atoms with Crippen molar-refractivity contribution in [3.05, 3.63) is 24.3 Å². The average molecular weight is 234 g/mol. The summed E-state index contributed by atoms with van der Waals surface area (Å²) in [6.45, 7) is 0.398. The van der Waals surface area contributed by atoms with Gasteiger partial charge in [-0.3, -0.25) is 4.79 Å². The Bertz CT molecular complexity index is 422. The zero-order chi connectivity index (χ0) is 12.5. The van der Waals surface area contributed by atoms with Crippen molar-refractivity contribution < 1.29 is 9.90 Å². The molecular weight excluding hydrogens is 216 g/mol. The molecule has 0 aliphatic heterocycles. The fourth-order valence-electron chi connectivity index (χ4n) is 2.28. The second-order valence-corrected chi connectivity index (χ2v) is 4.72. The lowest BCUT2D eigenvalue weighted by molar-refractivity contribution is -0.131. The quantitative estimate of drug-likeness (QED) is 0.832. The molecule has 0 heterocycles. The summed E-state index contributed by atoms with van der Waals surface area (Å²) < 4.78 is 0. The van der Waals surface area contributed by atoms with E-state index in [1.807, 2.05) is 0 Å². The number of anilines is 1. The van der Waals surface area contributed by atoms with Crippen molar-refractivity contribution in [2.75, 3.05) is 18.5 Å². The van der Waals surface area contributed by atoms with E-state index >= 15 is 0 Å². The van der Waals surface area contributed by atoms with Gasteiger partial charge in [0.05, 0.1) is 5.41 Å². The number of hydrogen-bond donors (Lipinski definition) is 2. The van der Waals surface area contributed by atoms with Crippen molar-refractivity contribution in [2.24, 2.45) is 11.1 Å². The van der Waals surface area contributed by atoms with Crippen LogP contribution in [-0.4, -0.2) is 24.6 Å². The number of benzene rings is 1. The highest BCUT2D eigenvalue weighted by Crippen LogP contribution is 2.42. The molecule has 1 fully saturated rings. The Hall–Kier alpha value is -1.55. The number of rotatable bonds is 3. The Balaban J connectivity index is 2.20. The molecule has 1 aromatic carbocycles. The zero-order valence-corrected chi connectivity index (χ0v) is 10.0. The van der Waals surface area contributed by atoms with Gasteiger partial charge in [0.15, 0.2) is 0 Å². The predicted molar refractivity (Wildman–Crippen MR) is 66.9 cm³/mol. The van der Waals surface area contributed by atoms with Gasteiger partial charge in [0.1, 0.15) is 5.75 Å². The maximum Gasteiger partial charge on any atom is 0.234 e. The Morgan fingerprint density at radius 3 is 2.71 bits per heavy atom. The first-order valence-electron chi connectivity index (χ1n) is 5.86. The van der Waals surface area contributed by atoms with E-state index in [2.05, 4.69) is 0 Å². The molecule has 4 heteroatoms. The van der Waals surface area contributed by atoms with E-state index in [0.29, 0.717) is 12.2 Å². The molecule has 1 aliphatic carbocycles. The van der Waals surface area contributed by atoms with Crippen LogP contribution < -0.4 is 10.6 Å². The summed E-state index contributed by atoms with van der Waals surface area (Å²) >= 11 is 0. The Morgan fingerprint density at radius 2 is 2.24 bits per heavy atom. The monoisotopic (exact) mass is 234 g/mol. The third-order valence-electron chi connectivity index (χ3n) is 3.68. The van der Waals surface area contributed by atoms with Gasteiger partial charge in [0.2, 0.25) is 5.91 Å². The molecule has 1 amide bonds. The first-order valence-corrected chi connectivity index (χ1v) is 5.86. The largest absolute Gasteiger partial charge is 0.508 e. The number of carbonyl (C=O) groups excluding carboxylic acids is 1. The fourth-order valence-corrected chi connectivity index (χ4v) is 2.28. The van der Waals surface area contributed by atoms with Crippen LogP contribution in [0, 0.1) is 5.41 Å². The molecular formula is C13H18N2O2. The van der Waals surface area contributed by atoms with Gasteiger partial charge < -0.3 is 15.7 Å². The van der Waals surface area contributed by atoms with E-state index in [9.17, 15) is 9.90 Å². The third-order valence-corrected chi connectivity index (χ3v) is 3.68. The summed E-state index contributed by atoms with van der Waals surface area (Å²) in [6.07, 6.45) is 2.80. The lowest BCUT2D eigenvalue weighted by Gasteiger charge is -2.41. The van der Waals surface area contributed by atoms with Gasteiger partial charge in [-0.05, 0) is 25.0 Å². The van der Waals surface area contributed by atoms with Crippen LogP contribution in [-0.2, 0) is 4.79 Å². The smallest absolute Gasteiger partial charge is 0.234 e. The van der Waals surface area contributed by atoms with Gasteiger partial charge in [0.25, 0.3) is 0 Å². The molecule has 0 saturated heterocycles. The summed E-state index contributed by atoms with van der Waals surface area (Å²) in [5, 5.41) is 9.41. The predicted octanol–water partition coefficient (Wildman–Crippen LogP) is 1.48. The molecule has 0 unspecified atom stereocenters. The number of phenols is 1. The summed E-state index contributed by atoms with van der Waals surface area (Å²) in [5.41, 5.74) is 6.05. The van der Waals surface area contributed by atoms with Crippen LogP contribution in [0.4, 0.5) is 5.69 Å². The molecule has 1 saturated carbocycles. The molecule has 3 N–H and O–H groups in total. The summed E-state index contributed by atoms with van der Waals surface area (Å²) in [5.74, 6) is 0.217. The number of nitrogens with two attached hydrogens (primary N) is 1. The Kier molecular flexibility index (Phi) is 3.07. The van der Waals surface area contributed by atoms with Gasteiger partial charge in [0, 0.05) is 25.3 Å². The molecule has 0 atom stereocenters. The van der Waals surface area contributed by atoms with Crippen molar-refractivity contribution in [3.8, 4) is 5.75 Å². The van der Waals surface area contributed by atoms with E-state index in [-0.39, 0.29) is 17.1 Å². The highest BCUT2D eigenvalue weighted by molar-refractivity contribution is 5.98. The zero-order valence-electron chi connectivity index (χ0n) is 10.0. The van der Waals surface area contributed by atoms with Crippen molar-refractivity contribution in [1.82, 2.24) is 0 Å². The van der Waals surface area contributed by atoms with Crippen LogP contribution in [0.3, 0.4) is 0 Å². The van der Waals surface area contributed by atoms with E-state index in [0.717, 1.165) is 19.3 Å². The molecule has 1 aliphatic rings. The Morgan fingerprint density at radius 1 is 1.53 bits per heavy atom. The maximum absolute atomic E-state index is 12.4. The highest BCUT2D eigenvalue weighted by Gasteiger charge is 2.44.